The van der Waals surface area contributed by atoms with E-state index < -0.39 is 23.9 Å². The molecule has 140 valence electrons. The number of carboxylic acids is 1. The van der Waals surface area contributed by atoms with Gasteiger partial charge in [0.25, 0.3) is 0 Å². The Hall–Kier alpha value is -2.42. The minimum atomic E-state index is -4.52. The highest BCUT2D eigenvalue weighted by molar-refractivity contribution is 7.09. The van der Waals surface area contributed by atoms with E-state index in [0.29, 0.717) is 12.0 Å². The summed E-state index contributed by atoms with van der Waals surface area (Å²) in [7, 11) is 0. The fourth-order valence-electron chi connectivity index (χ4n) is 2.38. The fourth-order valence-corrected chi connectivity index (χ4v) is 3.34. The van der Waals surface area contributed by atoms with Crippen LogP contribution in [-0.2, 0) is 17.4 Å². The van der Waals surface area contributed by atoms with E-state index in [0.717, 1.165) is 16.7 Å². The number of halogens is 3. The lowest BCUT2D eigenvalue weighted by atomic mass is 10.0. The smallest absolute Gasteiger partial charge is 0.434 e. The lowest BCUT2D eigenvalue weighted by Crippen LogP contribution is -2.28. The first-order valence-corrected chi connectivity index (χ1v) is 8.73. The number of carboxylic acid groups (broad SMARTS) is 1. The molecule has 1 aromatic heterocycles. The van der Waals surface area contributed by atoms with Crippen molar-refractivity contribution in [2.75, 3.05) is 0 Å². The van der Waals surface area contributed by atoms with Crippen molar-refractivity contribution >= 4 is 23.2 Å². The van der Waals surface area contributed by atoms with E-state index in [9.17, 15) is 22.8 Å². The fraction of sp³-hybridized carbons (Fsp3) is 0.353. The molecule has 0 saturated heterocycles. The molecule has 0 aliphatic heterocycles. The zero-order chi connectivity index (χ0) is 19.3. The van der Waals surface area contributed by atoms with Crippen molar-refractivity contribution in [1.29, 1.82) is 0 Å². The second kappa shape index (κ2) is 8.31. The van der Waals surface area contributed by atoms with Crippen molar-refractivity contribution in [2.45, 2.75) is 38.4 Å². The molecule has 0 radical (unpaired) electrons. The Balaban J connectivity index is 2.00. The molecule has 9 heteroatoms. The molecule has 0 saturated carbocycles. The largest absolute Gasteiger partial charge is 0.478 e. The van der Waals surface area contributed by atoms with Crippen LogP contribution in [0.15, 0.2) is 29.6 Å². The van der Waals surface area contributed by atoms with Gasteiger partial charge >= 0.3 is 12.1 Å². The summed E-state index contributed by atoms with van der Waals surface area (Å²) in [6, 6.07) is 5.76. The van der Waals surface area contributed by atoms with Gasteiger partial charge in [0.15, 0.2) is 5.69 Å². The van der Waals surface area contributed by atoms with E-state index >= 15 is 0 Å². The van der Waals surface area contributed by atoms with Gasteiger partial charge in [0, 0.05) is 11.8 Å². The van der Waals surface area contributed by atoms with Crippen LogP contribution in [0.25, 0.3) is 0 Å². The van der Waals surface area contributed by atoms with Gasteiger partial charge in [0.05, 0.1) is 11.6 Å². The van der Waals surface area contributed by atoms with Crippen LogP contribution in [0.2, 0.25) is 0 Å². The number of carbonyl (C=O) groups excluding carboxylic acids is 1. The van der Waals surface area contributed by atoms with Gasteiger partial charge in [-0.2, -0.15) is 13.2 Å². The molecule has 5 nitrogen and oxygen atoms in total. The molecule has 0 aliphatic carbocycles. The van der Waals surface area contributed by atoms with Gasteiger partial charge in [-0.05, 0) is 24.5 Å². The molecule has 0 fully saturated rings. The van der Waals surface area contributed by atoms with Crippen molar-refractivity contribution in [3.63, 3.8) is 0 Å². The van der Waals surface area contributed by atoms with Crippen LogP contribution in [0.5, 0.6) is 0 Å². The summed E-state index contributed by atoms with van der Waals surface area (Å²) in [5.41, 5.74) is -0.320. The van der Waals surface area contributed by atoms with Crippen molar-refractivity contribution in [3.8, 4) is 0 Å². The Labute approximate surface area is 151 Å². The number of thiazole rings is 1. The van der Waals surface area contributed by atoms with E-state index in [2.05, 4.69) is 10.3 Å². The summed E-state index contributed by atoms with van der Waals surface area (Å²) in [5, 5.41) is 12.9. The number of aromatic nitrogens is 1. The number of rotatable bonds is 7. The van der Waals surface area contributed by atoms with E-state index in [1.165, 1.54) is 6.07 Å². The summed E-state index contributed by atoms with van der Waals surface area (Å²) in [6.07, 6.45) is -3.88. The first-order valence-electron chi connectivity index (χ1n) is 7.85. The first-order chi connectivity index (χ1) is 12.2. The molecule has 2 N–H and O–H groups in total. The number of nitrogens with zero attached hydrogens (tertiary/aromatic N) is 1. The number of aromatic carboxylic acids is 1. The lowest BCUT2D eigenvalue weighted by Gasteiger charge is -2.15. The van der Waals surface area contributed by atoms with E-state index in [1.807, 2.05) is 0 Å². The molecule has 0 bridgehead atoms. The van der Waals surface area contributed by atoms with Gasteiger partial charge in [-0.3, -0.25) is 4.79 Å². The summed E-state index contributed by atoms with van der Waals surface area (Å²) in [6.45, 7) is 1.74. The van der Waals surface area contributed by atoms with E-state index in [-0.39, 0.29) is 29.3 Å². The highest BCUT2D eigenvalue weighted by Gasteiger charge is 2.34. The normalized spacial score (nSPS) is 12.6. The third kappa shape index (κ3) is 5.04. The van der Waals surface area contributed by atoms with Gasteiger partial charge in [-0.25, -0.2) is 9.78 Å². The number of benzene rings is 1. The van der Waals surface area contributed by atoms with Gasteiger partial charge in [0.1, 0.15) is 5.01 Å². The minimum Gasteiger partial charge on any atom is -0.478 e. The predicted octanol–water partition coefficient (Wildman–Crippen LogP) is 4.06. The van der Waals surface area contributed by atoms with Crippen LogP contribution in [0.4, 0.5) is 13.2 Å². The van der Waals surface area contributed by atoms with Gasteiger partial charge in [-0.1, -0.05) is 25.1 Å². The lowest BCUT2D eigenvalue weighted by molar-refractivity contribution is -0.140. The maximum atomic E-state index is 12.7. The first kappa shape index (κ1) is 19.9. The second-order valence-electron chi connectivity index (χ2n) is 5.56. The van der Waals surface area contributed by atoms with Gasteiger partial charge in [-0.15, -0.1) is 11.3 Å². The summed E-state index contributed by atoms with van der Waals surface area (Å²) in [4.78, 5) is 26.9. The van der Waals surface area contributed by atoms with Crippen molar-refractivity contribution in [1.82, 2.24) is 10.3 Å². The third-order valence-electron chi connectivity index (χ3n) is 3.72. The SMILES string of the molecule is CCC(NC(=O)CCc1ccccc1C(=O)O)c1nc(C(F)(F)F)cs1. The standard InChI is InChI=1S/C17H17F3N2O3S/c1-2-12(15-22-13(9-26-15)17(18,19)20)21-14(23)8-7-10-5-3-4-6-11(10)16(24)25/h3-6,9,12H,2,7-8H2,1H3,(H,21,23)(H,24,25). The van der Waals surface area contributed by atoms with Crippen LogP contribution in [-0.4, -0.2) is 22.0 Å². The Morgan fingerprint density at radius 3 is 2.58 bits per heavy atom. The molecular formula is C17H17F3N2O3S. The zero-order valence-electron chi connectivity index (χ0n) is 13.8. The van der Waals surface area contributed by atoms with Gasteiger partial charge < -0.3 is 10.4 Å². The average molecular weight is 386 g/mol. The van der Waals surface area contributed by atoms with Crippen LogP contribution in [0, 0.1) is 0 Å². The number of aryl methyl sites for hydroxylation is 1. The molecule has 1 amide bonds. The summed E-state index contributed by atoms with van der Waals surface area (Å²) in [5.74, 6) is -1.45. The third-order valence-corrected chi connectivity index (χ3v) is 4.68. The molecule has 1 aromatic carbocycles. The zero-order valence-corrected chi connectivity index (χ0v) is 14.7. The van der Waals surface area contributed by atoms with Crippen LogP contribution in [0.1, 0.15) is 52.4 Å². The highest BCUT2D eigenvalue weighted by atomic mass is 32.1. The molecule has 1 unspecified atom stereocenters. The van der Waals surface area contributed by atoms with Gasteiger partial charge in [0.2, 0.25) is 5.91 Å². The number of nitrogens with one attached hydrogen (secondary N) is 1. The molecule has 0 aliphatic rings. The number of alkyl halides is 3. The quantitative estimate of drug-likeness (QED) is 0.752. The Morgan fingerprint density at radius 1 is 1.31 bits per heavy atom. The van der Waals surface area contributed by atoms with Crippen molar-refractivity contribution < 1.29 is 27.9 Å². The Bertz CT molecular complexity index is 790. The predicted molar refractivity (Wildman–Crippen MR) is 90.0 cm³/mol. The Kier molecular flexibility index (Phi) is 6.36. The molecule has 1 atom stereocenters. The van der Waals surface area contributed by atoms with Crippen molar-refractivity contribution in [2.24, 2.45) is 0 Å². The Morgan fingerprint density at radius 2 is 2.00 bits per heavy atom. The molecule has 26 heavy (non-hydrogen) atoms. The summed E-state index contributed by atoms with van der Waals surface area (Å²) < 4.78 is 38.0. The maximum absolute atomic E-state index is 12.7. The number of amides is 1. The second-order valence-corrected chi connectivity index (χ2v) is 6.45. The van der Waals surface area contributed by atoms with Crippen LogP contribution >= 0.6 is 11.3 Å². The average Bonchev–Trinajstić information content (AvgIpc) is 3.08. The minimum absolute atomic E-state index is 0.0261. The monoisotopic (exact) mass is 386 g/mol. The summed E-state index contributed by atoms with van der Waals surface area (Å²) >= 11 is 0.848. The number of hydrogen-bond donors (Lipinski definition) is 2. The van der Waals surface area contributed by atoms with Crippen LogP contribution in [0.3, 0.4) is 0 Å². The topological polar surface area (TPSA) is 79.3 Å². The molecule has 1 heterocycles. The number of carbonyl (C=O) groups is 2. The van der Waals surface area contributed by atoms with E-state index in [1.54, 1.807) is 25.1 Å². The molecule has 0 spiro atoms. The molecule has 2 aromatic rings. The van der Waals surface area contributed by atoms with Crippen molar-refractivity contribution in [3.05, 3.63) is 51.5 Å². The van der Waals surface area contributed by atoms with E-state index in [4.69, 9.17) is 5.11 Å². The highest BCUT2D eigenvalue weighted by Crippen LogP contribution is 2.32. The maximum Gasteiger partial charge on any atom is 0.434 e. The molecular weight excluding hydrogens is 369 g/mol. The van der Waals surface area contributed by atoms with Crippen LogP contribution < -0.4 is 5.32 Å². The molecule has 2 rings (SSSR count). The number of hydrogen-bond acceptors (Lipinski definition) is 4.